The summed E-state index contributed by atoms with van der Waals surface area (Å²) in [5.74, 6) is -0.524. The van der Waals surface area contributed by atoms with Crippen LogP contribution in [0.1, 0.15) is 56.6 Å². The van der Waals surface area contributed by atoms with Crippen molar-refractivity contribution in [1.29, 1.82) is 0 Å². The molecule has 0 unspecified atom stereocenters. The minimum absolute atomic E-state index is 0.00290. The molecule has 4 rings (SSSR count). The van der Waals surface area contributed by atoms with Crippen molar-refractivity contribution in [2.24, 2.45) is 11.8 Å². The number of likely N-dealkylation sites (tertiary alicyclic amines) is 1. The number of aryl methyl sites for hydroxylation is 1. The molecule has 1 saturated heterocycles. The Morgan fingerprint density at radius 3 is 2.35 bits per heavy atom. The maximum absolute atomic E-state index is 13.0. The first-order valence-corrected chi connectivity index (χ1v) is 12.4. The highest BCUT2D eigenvalue weighted by molar-refractivity contribution is 5.90. The van der Waals surface area contributed by atoms with Crippen molar-refractivity contribution in [3.63, 3.8) is 0 Å². The first-order valence-electron chi connectivity index (χ1n) is 12.4. The van der Waals surface area contributed by atoms with Gasteiger partial charge in [0.2, 0.25) is 0 Å². The third kappa shape index (κ3) is 5.68. The van der Waals surface area contributed by atoms with E-state index in [1.807, 2.05) is 26.0 Å². The molecule has 7 heteroatoms. The van der Waals surface area contributed by atoms with Crippen LogP contribution in [0.4, 0.5) is 13.2 Å². The molecular formula is C27H34F3NO3. The standard InChI is InChI=1S/C27H34F3NO3/c1-3-33-26(32)19-13-15-31(16-14-19)17-20-5-4-6-23-18(2)25(12-11-24(20)23)34-22-9-7-21(8-10-22)27(28,29)30/h4-6,11-12,19,21-22H,3,7-10,13-17H2,1-2H3/t21-,22+. The fourth-order valence-corrected chi connectivity index (χ4v) is 5.33. The van der Waals surface area contributed by atoms with Crippen molar-refractivity contribution in [1.82, 2.24) is 4.90 Å². The van der Waals surface area contributed by atoms with E-state index < -0.39 is 12.1 Å². The molecule has 0 bridgehead atoms. The van der Waals surface area contributed by atoms with Gasteiger partial charge in [0.05, 0.1) is 24.5 Å². The molecule has 1 heterocycles. The van der Waals surface area contributed by atoms with Gasteiger partial charge in [-0.2, -0.15) is 13.2 Å². The molecule has 2 aromatic rings. The summed E-state index contributed by atoms with van der Waals surface area (Å²) in [6.45, 7) is 6.82. The largest absolute Gasteiger partial charge is 0.490 e. The lowest BCUT2D eigenvalue weighted by Gasteiger charge is -2.31. The molecule has 2 aliphatic rings. The Labute approximate surface area is 199 Å². The maximum Gasteiger partial charge on any atom is 0.391 e. The van der Waals surface area contributed by atoms with Crippen LogP contribution in [0.25, 0.3) is 10.8 Å². The van der Waals surface area contributed by atoms with E-state index >= 15 is 0 Å². The zero-order valence-corrected chi connectivity index (χ0v) is 20.0. The number of hydrogen-bond acceptors (Lipinski definition) is 4. The van der Waals surface area contributed by atoms with E-state index in [-0.39, 0.29) is 30.8 Å². The van der Waals surface area contributed by atoms with Gasteiger partial charge in [0.15, 0.2) is 0 Å². The molecular weight excluding hydrogens is 443 g/mol. The minimum atomic E-state index is -4.10. The Hall–Kier alpha value is -2.28. The normalized spacial score (nSPS) is 22.6. The van der Waals surface area contributed by atoms with Gasteiger partial charge in [-0.05, 0) is 93.4 Å². The van der Waals surface area contributed by atoms with Gasteiger partial charge in [0, 0.05) is 6.54 Å². The van der Waals surface area contributed by atoms with E-state index in [2.05, 4.69) is 23.1 Å². The van der Waals surface area contributed by atoms with Gasteiger partial charge in [-0.3, -0.25) is 9.69 Å². The zero-order chi connectivity index (χ0) is 24.3. The molecule has 0 N–H and O–H groups in total. The topological polar surface area (TPSA) is 38.8 Å². The predicted molar refractivity (Wildman–Crippen MR) is 126 cm³/mol. The first kappa shape index (κ1) is 24.8. The van der Waals surface area contributed by atoms with Gasteiger partial charge < -0.3 is 9.47 Å². The number of ether oxygens (including phenoxy) is 2. The predicted octanol–water partition coefficient (Wildman–Crippen LogP) is 6.42. The third-order valence-corrected chi connectivity index (χ3v) is 7.40. The molecule has 2 fully saturated rings. The number of alkyl halides is 3. The Morgan fingerprint density at radius 1 is 1.00 bits per heavy atom. The van der Waals surface area contributed by atoms with E-state index in [4.69, 9.17) is 9.47 Å². The van der Waals surface area contributed by atoms with Crippen LogP contribution in [0.15, 0.2) is 30.3 Å². The van der Waals surface area contributed by atoms with Gasteiger partial charge in [-0.25, -0.2) is 0 Å². The number of halogens is 3. The molecule has 2 aromatic carbocycles. The van der Waals surface area contributed by atoms with Crippen molar-refractivity contribution >= 4 is 16.7 Å². The van der Waals surface area contributed by atoms with Crippen molar-refractivity contribution in [3.05, 3.63) is 41.5 Å². The van der Waals surface area contributed by atoms with Crippen molar-refractivity contribution in [2.75, 3.05) is 19.7 Å². The Morgan fingerprint density at radius 2 is 1.71 bits per heavy atom. The summed E-state index contributed by atoms with van der Waals surface area (Å²) in [4.78, 5) is 14.4. The van der Waals surface area contributed by atoms with E-state index in [9.17, 15) is 18.0 Å². The van der Waals surface area contributed by atoms with Gasteiger partial charge in [0.25, 0.3) is 0 Å². The summed E-state index contributed by atoms with van der Waals surface area (Å²) < 4.78 is 50.2. The first-order chi connectivity index (χ1) is 16.3. The second kappa shape index (κ2) is 10.5. The number of fused-ring (bicyclic) bond motifs is 1. The highest BCUT2D eigenvalue weighted by Crippen LogP contribution is 2.39. The maximum atomic E-state index is 13.0. The van der Waals surface area contributed by atoms with Crippen LogP contribution >= 0.6 is 0 Å². The highest BCUT2D eigenvalue weighted by atomic mass is 19.4. The van der Waals surface area contributed by atoms with Crippen molar-refractivity contribution < 1.29 is 27.4 Å². The second-order valence-corrected chi connectivity index (χ2v) is 9.64. The lowest BCUT2D eigenvalue weighted by atomic mass is 9.87. The molecule has 4 nitrogen and oxygen atoms in total. The number of esters is 1. The summed E-state index contributed by atoms with van der Waals surface area (Å²) in [6.07, 6.45) is -1.50. The number of hydrogen-bond donors (Lipinski definition) is 0. The summed E-state index contributed by atoms with van der Waals surface area (Å²) in [5, 5.41) is 2.28. The quantitative estimate of drug-likeness (QED) is 0.450. The second-order valence-electron chi connectivity index (χ2n) is 9.64. The number of benzene rings is 2. The Kier molecular flexibility index (Phi) is 7.70. The SMILES string of the molecule is CCOC(=O)C1CCN(Cc2cccc3c(C)c(O[C@H]4CC[C@@H](C(F)(F)F)CC4)ccc23)CC1. The minimum Gasteiger partial charge on any atom is -0.490 e. The van der Waals surface area contributed by atoms with Gasteiger partial charge >= 0.3 is 12.1 Å². The Balaban J connectivity index is 1.40. The van der Waals surface area contributed by atoms with Crippen molar-refractivity contribution in [3.8, 4) is 5.75 Å². The van der Waals surface area contributed by atoms with Crippen LogP contribution < -0.4 is 4.74 Å². The number of carbonyl (C=O) groups excluding carboxylic acids is 1. The molecule has 0 amide bonds. The molecule has 186 valence electrons. The fourth-order valence-electron chi connectivity index (χ4n) is 5.33. The molecule has 0 spiro atoms. The lowest BCUT2D eigenvalue weighted by Crippen LogP contribution is -2.36. The summed E-state index contributed by atoms with van der Waals surface area (Å²) in [6, 6.07) is 10.3. The molecule has 1 aliphatic carbocycles. The fraction of sp³-hybridized carbons (Fsp3) is 0.593. The highest BCUT2D eigenvalue weighted by Gasteiger charge is 2.41. The third-order valence-electron chi connectivity index (χ3n) is 7.40. The van der Waals surface area contributed by atoms with Crippen LogP contribution in [-0.4, -0.2) is 42.8 Å². The van der Waals surface area contributed by atoms with Gasteiger partial charge in [-0.15, -0.1) is 0 Å². The molecule has 0 radical (unpaired) electrons. The van der Waals surface area contributed by atoms with Crippen molar-refractivity contribution in [2.45, 2.75) is 71.2 Å². The number of rotatable bonds is 6. The average Bonchev–Trinajstić information content (AvgIpc) is 2.82. The van der Waals surface area contributed by atoms with Crippen LogP contribution in [0.2, 0.25) is 0 Å². The van der Waals surface area contributed by atoms with Gasteiger partial charge in [0.1, 0.15) is 5.75 Å². The molecule has 1 aliphatic heterocycles. The molecule has 0 atom stereocenters. The smallest absolute Gasteiger partial charge is 0.391 e. The molecule has 0 aromatic heterocycles. The van der Waals surface area contributed by atoms with Crippen LogP contribution in [-0.2, 0) is 16.1 Å². The summed E-state index contributed by atoms with van der Waals surface area (Å²) in [7, 11) is 0. The van der Waals surface area contributed by atoms with E-state index in [0.717, 1.165) is 49.2 Å². The number of nitrogens with zero attached hydrogens (tertiary/aromatic N) is 1. The summed E-state index contributed by atoms with van der Waals surface area (Å²) in [5.41, 5.74) is 2.26. The van der Waals surface area contributed by atoms with Crippen LogP contribution in [0.5, 0.6) is 5.75 Å². The van der Waals surface area contributed by atoms with Crippen LogP contribution in [0.3, 0.4) is 0 Å². The van der Waals surface area contributed by atoms with E-state index in [1.54, 1.807) is 0 Å². The number of piperidine rings is 1. The van der Waals surface area contributed by atoms with E-state index in [0.29, 0.717) is 19.4 Å². The molecule has 1 saturated carbocycles. The summed E-state index contributed by atoms with van der Waals surface area (Å²) >= 11 is 0. The number of carbonyl (C=O) groups is 1. The lowest BCUT2D eigenvalue weighted by molar-refractivity contribution is -0.185. The average molecular weight is 478 g/mol. The monoisotopic (exact) mass is 477 g/mol. The Bertz CT molecular complexity index is 991. The zero-order valence-electron chi connectivity index (χ0n) is 20.0. The molecule has 34 heavy (non-hydrogen) atoms. The van der Waals surface area contributed by atoms with Crippen LogP contribution in [0, 0.1) is 18.8 Å². The van der Waals surface area contributed by atoms with E-state index in [1.165, 1.54) is 10.9 Å². The van der Waals surface area contributed by atoms with Gasteiger partial charge in [-0.1, -0.05) is 24.3 Å².